The number of carbonyl (C=O) groups is 2. The molecule has 1 aliphatic heterocycles. The number of methoxy groups -OCH3 is 2. The summed E-state index contributed by atoms with van der Waals surface area (Å²) in [5, 5.41) is 0.284. The minimum absolute atomic E-state index is 0.171. The zero-order chi connectivity index (χ0) is 19.8. The number of thioether (sulfide) groups is 1. The standard InChI is InChI=1S/C21H20N2O4S/c1-22-20(24)19(28-21(22)25)15-5-4-6-16-14(15)9-10-23(16)12-13-7-8-17(26-2)18(11-13)27-3/h4-11,19H,12H2,1-3H3. The number of rotatable bonds is 5. The SMILES string of the molecule is COc1ccc(Cn2ccc3c(C4SC(=O)N(C)C4=O)cccc32)cc1OC. The molecule has 2 heterocycles. The number of carbonyl (C=O) groups excluding carboxylic acids is 2. The van der Waals surface area contributed by atoms with Crippen molar-refractivity contribution < 1.29 is 19.1 Å². The lowest BCUT2D eigenvalue weighted by Crippen LogP contribution is -2.24. The topological polar surface area (TPSA) is 60.8 Å². The molecule has 1 aliphatic rings. The average molecular weight is 396 g/mol. The molecule has 3 aromatic rings. The Labute approximate surface area is 167 Å². The van der Waals surface area contributed by atoms with Crippen LogP contribution in [-0.4, -0.2) is 41.9 Å². The fourth-order valence-electron chi connectivity index (χ4n) is 3.48. The number of aromatic nitrogens is 1. The normalized spacial score (nSPS) is 16.8. The smallest absolute Gasteiger partial charge is 0.289 e. The summed E-state index contributed by atoms with van der Waals surface area (Å²) in [7, 11) is 4.76. The molecule has 0 N–H and O–H groups in total. The first kappa shape index (κ1) is 18.4. The fourth-order valence-corrected chi connectivity index (χ4v) is 4.52. The van der Waals surface area contributed by atoms with Gasteiger partial charge >= 0.3 is 0 Å². The van der Waals surface area contributed by atoms with E-state index in [0.29, 0.717) is 18.0 Å². The molecule has 28 heavy (non-hydrogen) atoms. The highest BCUT2D eigenvalue weighted by molar-refractivity contribution is 8.15. The van der Waals surface area contributed by atoms with Crippen LogP contribution in [0.5, 0.6) is 11.5 Å². The van der Waals surface area contributed by atoms with Gasteiger partial charge in [-0.15, -0.1) is 0 Å². The first-order valence-corrected chi connectivity index (χ1v) is 9.68. The average Bonchev–Trinajstić information content (AvgIpc) is 3.24. The molecule has 1 fully saturated rings. The Hall–Kier alpha value is -2.93. The zero-order valence-electron chi connectivity index (χ0n) is 15.8. The van der Waals surface area contributed by atoms with E-state index in [-0.39, 0.29) is 11.1 Å². The molecule has 2 amide bonds. The van der Waals surface area contributed by atoms with Crippen molar-refractivity contribution in [1.29, 1.82) is 0 Å². The maximum absolute atomic E-state index is 12.4. The van der Waals surface area contributed by atoms with Crippen LogP contribution in [0.15, 0.2) is 48.7 Å². The van der Waals surface area contributed by atoms with Gasteiger partial charge in [-0.05, 0) is 47.2 Å². The minimum Gasteiger partial charge on any atom is -0.493 e. The number of benzene rings is 2. The summed E-state index contributed by atoms with van der Waals surface area (Å²) in [6.45, 7) is 0.651. The molecule has 0 bridgehead atoms. The van der Waals surface area contributed by atoms with Crippen LogP contribution in [0.1, 0.15) is 16.4 Å². The van der Waals surface area contributed by atoms with Crippen LogP contribution in [0.4, 0.5) is 4.79 Å². The zero-order valence-corrected chi connectivity index (χ0v) is 16.7. The highest BCUT2D eigenvalue weighted by Crippen LogP contribution is 2.41. The Morgan fingerprint density at radius 3 is 2.50 bits per heavy atom. The molecule has 1 saturated heterocycles. The van der Waals surface area contributed by atoms with E-state index in [0.717, 1.165) is 33.8 Å². The summed E-state index contributed by atoms with van der Waals surface area (Å²) in [6.07, 6.45) is 2.00. The van der Waals surface area contributed by atoms with Crippen molar-refractivity contribution in [2.24, 2.45) is 0 Å². The third kappa shape index (κ3) is 3.01. The van der Waals surface area contributed by atoms with Gasteiger partial charge in [-0.3, -0.25) is 14.5 Å². The number of likely N-dealkylation sites (N-methyl/N-ethyl adjacent to an activating group) is 1. The van der Waals surface area contributed by atoms with E-state index in [9.17, 15) is 9.59 Å². The van der Waals surface area contributed by atoms with Crippen LogP contribution in [0.2, 0.25) is 0 Å². The Kier molecular flexibility index (Phi) is 4.77. The van der Waals surface area contributed by atoms with Gasteiger partial charge in [0.1, 0.15) is 5.25 Å². The van der Waals surface area contributed by atoms with Gasteiger partial charge in [-0.25, -0.2) is 0 Å². The molecule has 1 atom stereocenters. The van der Waals surface area contributed by atoms with Crippen molar-refractivity contribution in [3.8, 4) is 11.5 Å². The van der Waals surface area contributed by atoms with E-state index in [4.69, 9.17) is 9.47 Å². The molecule has 7 heteroatoms. The molecular weight excluding hydrogens is 376 g/mol. The summed E-state index contributed by atoms with van der Waals surface area (Å²) in [5.74, 6) is 1.21. The summed E-state index contributed by atoms with van der Waals surface area (Å²) in [6, 6.07) is 13.7. The Balaban J connectivity index is 1.69. The monoisotopic (exact) mass is 396 g/mol. The van der Waals surface area contributed by atoms with Crippen molar-refractivity contribution in [3.05, 3.63) is 59.8 Å². The summed E-state index contributed by atoms with van der Waals surface area (Å²) < 4.78 is 12.8. The molecule has 4 rings (SSSR count). The predicted molar refractivity (Wildman–Crippen MR) is 109 cm³/mol. The lowest BCUT2D eigenvalue weighted by Gasteiger charge is -2.12. The van der Waals surface area contributed by atoms with E-state index in [1.54, 1.807) is 14.2 Å². The van der Waals surface area contributed by atoms with Crippen LogP contribution < -0.4 is 9.47 Å². The highest BCUT2D eigenvalue weighted by Gasteiger charge is 2.38. The van der Waals surface area contributed by atoms with Crippen LogP contribution in [0, 0.1) is 0 Å². The first-order chi connectivity index (χ1) is 13.5. The maximum atomic E-state index is 12.4. The number of imide groups is 1. The van der Waals surface area contributed by atoms with Crippen molar-refractivity contribution in [3.63, 3.8) is 0 Å². The number of ether oxygens (including phenoxy) is 2. The van der Waals surface area contributed by atoms with Gasteiger partial charge in [0, 0.05) is 30.7 Å². The largest absolute Gasteiger partial charge is 0.493 e. The van der Waals surface area contributed by atoms with Crippen LogP contribution in [-0.2, 0) is 11.3 Å². The van der Waals surface area contributed by atoms with Crippen LogP contribution in [0.25, 0.3) is 10.9 Å². The van der Waals surface area contributed by atoms with E-state index < -0.39 is 5.25 Å². The highest BCUT2D eigenvalue weighted by atomic mass is 32.2. The molecular formula is C21H20N2O4S. The minimum atomic E-state index is -0.488. The fraction of sp³-hybridized carbons (Fsp3) is 0.238. The van der Waals surface area contributed by atoms with Crippen LogP contribution in [0.3, 0.4) is 0 Å². The number of nitrogens with zero attached hydrogens (tertiary/aromatic N) is 2. The van der Waals surface area contributed by atoms with Gasteiger partial charge in [0.25, 0.3) is 5.24 Å². The molecule has 1 unspecified atom stereocenters. The van der Waals surface area contributed by atoms with Gasteiger partial charge in [-0.1, -0.05) is 18.2 Å². The summed E-state index contributed by atoms with van der Waals surface area (Å²) in [4.78, 5) is 25.5. The lowest BCUT2D eigenvalue weighted by molar-refractivity contribution is -0.125. The molecule has 0 spiro atoms. The van der Waals surface area contributed by atoms with E-state index >= 15 is 0 Å². The molecule has 2 aromatic carbocycles. The quantitative estimate of drug-likeness (QED) is 0.651. The molecule has 0 saturated carbocycles. The lowest BCUT2D eigenvalue weighted by atomic mass is 10.1. The van der Waals surface area contributed by atoms with Crippen molar-refractivity contribution in [2.45, 2.75) is 11.8 Å². The molecule has 1 aromatic heterocycles. The van der Waals surface area contributed by atoms with Crippen molar-refractivity contribution in [1.82, 2.24) is 9.47 Å². The number of hydrogen-bond donors (Lipinski definition) is 0. The number of hydrogen-bond acceptors (Lipinski definition) is 5. The van der Waals surface area contributed by atoms with Gasteiger partial charge in [-0.2, -0.15) is 0 Å². The van der Waals surface area contributed by atoms with E-state index in [1.807, 2.05) is 48.7 Å². The summed E-state index contributed by atoms with van der Waals surface area (Å²) in [5.41, 5.74) is 2.96. The van der Waals surface area contributed by atoms with Gasteiger partial charge in [0.05, 0.1) is 14.2 Å². The molecule has 0 radical (unpaired) electrons. The second-order valence-corrected chi connectivity index (χ2v) is 7.63. The second kappa shape index (κ2) is 7.24. The van der Waals surface area contributed by atoms with Crippen molar-refractivity contribution >= 4 is 33.8 Å². The predicted octanol–water partition coefficient (Wildman–Crippen LogP) is 4.07. The second-order valence-electron chi connectivity index (χ2n) is 6.57. The Bertz CT molecular complexity index is 1080. The summed E-state index contributed by atoms with van der Waals surface area (Å²) >= 11 is 1.07. The van der Waals surface area contributed by atoms with Gasteiger partial charge in [0.2, 0.25) is 5.91 Å². The Morgan fingerprint density at radius 2 is 1.82 bits per heavy atom. The van der Waals surface area contributed by atoms with E-state index in [2.05, 4.69) is 4.57 Å². The molecule has 144 valence electrons. The third-order valence-electron chi connectivity index (χ3n) is 4.98. The first-order valence-electron chi connectivity index (χ1n) is 8.80. The molecule has 0 aliphatic carbocycles. The van der Waals surface area contributed by atoms with Gasteiger partial charge < -0.3 is 14.0 Å². The maximum Gasteiger partial charge on any atom is 0.289 e. The van der Waals surface area contributed by atoms with Crippen molar-refractivity contribution in [2.75, 3.05) is 21.3 Å². The number of fused-ring (bicyclic) bond motifs is 1. The Morgan fingerprint density at radius 1 is 1.04 bits per heavy atom. The van der Waals surface area contributed by atoms with Gasteiger partial charge in [0.15, 0.2) is 11.5 Å². The van der Waals surface area contributed by atoms with Crippen LogP contribution >= 0.6 is 11.8 Å². The molecule has 6 nitrogen and oxygen atoms in total. The number of amides is 2. The third-order valence-corrected chi connectivity index (χ3v) is 6.14. The van der Waals surface area contributed by atoms with E-state index in [1.165, 1.54) is 11.9 Å².